The number of nitrogens with zero attached hydrogens (tertiary/aromatic N) is 2. The zero-order chi connectivity index (χ0) is 8.55. The van der Waals surface area contributed by atoms with Gasteiger partial charge in [-0.1, -0.05) is 0 Å². The van der Waals surface area contributed by atoms with Crippen molar-refractivity contribution in [2.75, 3.05) is 0 Å². The SMILES string of the molecule is C[C@@H](N)c1cnn2c1CCCC2. The van der Waals surface area contributed by atoms with E-state index in [4.69, 9.17) is 5.73 Å². The fourth-order valence-electron chi connectivity index (χ4n) is 1.83. The first-order chi connectivity index (χ1) is 5.79. The number of hydrogen-bond acceptors (Lipinski definition) is 2. The first kappa shape index (κ1) is 7.80. The predicted octanol–water partition coefficient (Wildman–Crippen LogP) is 1.24. The third kappa shape index (κ3) is 1.14. The largest absolute Gasteiger partial charge is 0.324 e. The van der Waals surface area contributed by atoms with Crippen LogP contribution in [0.2, 0.25) is 0 Å². The summed E-state index contributed by atoms with van der Waals surface area (Å²) in [6.07, 6.45) is 5.61. The molecule has 2 rings (SSSR count). The maximum atomic E-state index is 5.83. The van der Waals surface area contributed by atoms with Crippen molar-refractivity contribution < 1.29 is 0 Å². The third-order valence-corrected chi connectivity index (χ3v) is 2.51. The summed E-state index contributed by atoms with van der Waals surface area (Å²) in [6, 6.07) is 0.131. The van der Waals surface area contributed by atoms with Crippen molar-refractivity contribution in [3.05, 3.63) is 17.5 Å². The Balaban J connectivity index is 2.38. The van der Waals surface area contributed by atoms with Crippen LogP contribution in [0.15, 0.2) is 6.20 Å². The summed E-state index contributed by atoms with van der Waals surface area (Å²) in [5, 5.41) is 4.31. The van der Waals surface area contributed by atoms with Gasteiger partial charge in [0.05, 0.1) is 6.20 Å². The van der Waals surface area contributed by atoms with Gasteiger partial charge in [-0.25, -0.2) is 0 Å². The average Bonchev–Trinajstić information content (AvgIpc) is 2.47. The highest BCUT2D eigenvalue weighted by molar-refractivity contribution is 5.22. The van der Waals surface area contributed by atoms with Gasteiger partial charge in [0, 0.05) is 23.8 Å². The van der Waals surface area contributed by atoms with E-state index in [1.807, 2.05) is 13.1 Å². The normalized spacial score (nSPS) is 18.8. The number of fused-ring (bicyclic) bond motifs is 1. The molecule has 0 spiro atoms. The number of aromatic nitrogens is 2. The fraction of sp³-hybridized carbons (Fsp3) is 0.667. The molecule has 3 heteroatoms. The Morgan fingerprint density at radius 1 is 1.58 bits per heavy atom. The number of hydrogen-bond donors (Lipinski definition) is 1. The minimum Gasteiger partial charge on any atom is -0.324 e. The standard InChI is InChI=1S/C9H15N3/c1-7(10)8-6-11-12-5-3-2-4-9(8)12/h6-7H,2-5,10H2,1H3/t7-/m1/s1. The van der Waals surface area contributed by atoms with Gasteiger partial charge in [0.2, 0.25) is 0 Å². The van der Waals surface area contributed by atoms with E-state index in [2.05, 4.69) is 9.78 Å². The molecule has 1 aromatic rings. The van der Waals surface area contributed by atoms with Gasteiger partial charge in [-0.3, -0.25) is 4.68 Å². The number of nitrogens with two attached hydrogens (primary N) is 1. The Morgan fingerprint density at radius 2 is 2.42 bits per heavy atom. The molecule has 0 aromatic carbocycles. The lowest BCUT2D eigenvalue weighted by molar-refractivity contribution is 0.483. The molecule has 0 bridgehead atoms. The van der Waals surface area contributed by atoms with Crippen molar-refractivity contribution >= 4 is 0 Å². The van der Waals surface area contributed by atoms with Gasteiger partial charge in [0.1, 0.15) is 0 Å². The molecule has 1 aromatic heterocycles. The number of aryl methyl sites for hydroxylation is 1. The highest BCUT2D eigenvalue weighted by Crippen LogP contribution is 2.21. The topological polar surface area (TPSA) is 43.8 Å². The van der Waals surface area contributed by atoms with E-state index in [1.165, 1.54) is 24.1 Å². The Kier molecular flexibility index (Phi) is 1.89. The van der Waals surface area contributed by atoms with E-state index in [9.17, 15) is 0 Å². The van der Waals surface area contributed by atoms with Gasteiger partial charge < -0.3 is 5.73 Å². The first-order valence-electron chi connectivity index (χ1n) is 4.59. The summed E-state index contributed by atoms with van der Waals surface area (Å²) in [7, 11) is 0. The lowest BCUT2D eigenvalue weighted by atomic mass is 10.0. The summed E-state index contributed by atoms with van der Waals surface area (Å²) in [4.78, 5) is 0. The maximum absolute atomic E-state index is 5.83. The highest BCUT2D eigenvalue weighted by atomic mass is 15.3. The maximum Gasteiger partial charge on any atom is 0.0540 e. The predicted molar refractivity (Wildman–Crippen MR) is 47.8 cm³/mol. The van der Waals surface area contributed by atoms with Crippen LogP contribution in [0.3, 0.4) is 0 Å². The molecule has 2 heterocycles. The Hall–Kier alpha value is -0.830. The van der Waals surface area contributed by atoms with Crippen molar-refractivity contribution in [2.45, 2.75) is 38.8 Å². The Bertz CT molecular complexity index is 275. The molecule has 3 nitrogen and oxygen atoms in total. The van der Waals surface area contributed by atoms with Crippen LogP contribution >= 0.6 is 0 Å². The Labute approximate surface area is 72.6 Å². The van der Waals surface area contributed by atoms with Crippen LogP contribution < -0.4 is 5.73 Å². The summed E-state index contributed by atoms with van der Waals surface area (Å²) in [6.45, 7) is 3.09. The van der Waals surface area contributed by atoms with Crippen molar-refractivity contribution in [1.82, 2.24) is 9.78 Å². The molecule has 1 aliphatic rings. The van der Waals surface area contributed by atoms with Crippen LogP contribution in [-0.4, -0.2) is 9.78 Å². The molecule has 66 valence electrons. The first-order valence-corrected chi connectivity index (χ1v) is 4.59. The van der Waals surface area contributed by atoms with E-state index in [0.29, 0.717) is 0 Å². The van der Waals surface area contributed by atoms with E-state index >= 15 is 0 Å². The lowest BCUT2D eigenvalue weighted by Crippen LogP contribution is -2.14. The van der Waals surface area contributed by atoms with Crippen LogP contribution in [-0.2, 0) is 13.0 Å². The monoisotopic (exact) mass is 165 g/mol. The molecule has 1 aliphatic heterocycles. The molecule has 0 amide bonds. The zero-order valence-corrected chi connectivity index (χ0v) is 7.45. The van der Waals surface area contributed by atoms with Crippen LogP contribution in [0.5, 0.6) is 0 Å². The lowest BCUT2D eigenvalue weighted by Gasteiger charge is -2.15. The molecule has 0 fully saturated rings. The van der Waals surface area contributed by atoms with Crippen LogP contribution in [0, 0.1) is 0 Å². The van der Waals surface area contributed by atoms with Crippen LogP contribution in [0.25, 0.3) is 0 Å². The summed E-state index contributed by atoms with van der Waals surface area (Å²) >= 11 is 0. The molecule has 0 saturated heterocycles. The fourth-order valence-corrected chi connectivity index (χ4v) is 1.83. The molecule has 0 radical (unpaired) electrons. The van der Waals surface area contributed by atoms with E-state index in [1.54, 1.807) is 0 Å². The smallest absolute Gasteiger partial charge is 0.0540 e. The zero-order valence-electron chi connectivity index (χ0n) is 7.45. The molecule has 0 unspecified atom stereocenters. The molecule has 0 aliphatic carbocycles. The van der Waals surface area contributed by atoms with Gasteiger partial charge in [-0.2, -0.15) is 5.10 Å². The molecule has 12 heavy (non-hydrogen) atoms. The van der Waals surface area contributed by atoms with Gasteiger partial charge in [-0.05, 0) is 26.2 Å². The third-order valence-electron chi connectivity index (χ3n) is 2.51. The molecule has 1 atom stereocenters. The van der Waals surface area contributed by atoms with Gasteiger partial charge in [-0.15, -0.1) is 0 Å². The van der Waals surface area contributed by atoms with Gasteiger partial charge in [0.25, 0.3) is 0 Å². The van der Waals surface area contributed by atoms with E-state index < -0.39 is 0 Å². The van der Waals surface area contributed by atoms with E-state index in [0.717, 1.165) is 13.0 Å². The van der Waals surface area contributed by atoms with Crippen molar-refractivity contribution in [3.63, 3.8) is 0 Å². The van der Waals surface area contributed by atoms with Crippen LogP contribution in [0.1, 0.15) is 37.1 Å². The summed E-state index contributed by atoms with van der Waals surface area (Å²) < 4.78 is 2.10. The second-order valence-electron chi connectivity index (χ2n) is 3.52. The molecule has 0 saturated carbocycles. The Morgan fingerprint density at radius 3 is 3.17 bits per heavy atom. The van der Waals surface area contributed by atoms with Crippen molar-refractivity contribution in [1.29, 1.82) is 0 Å². The van der Waals surface area contributed by atoms with Crippen molar-refractivity contribution in [3.8, 4) is 0 Å². The number of rotatable bonds is 1. The summed E-state index contributed by atoms with van der Waals surface area (Å²) in [5.74, 6) is 0. The second kappa shape index (κ2) is 2.90. The average molecular weight is 165 g/mol. The van der Waals surface area contributed by atoms with Crippen LogP contribution in [0.4, 0.5) is 0 Å². The molecular weight excluding hydrogens is 150 g/mol. The molecular formula is C9H15N3. The van der Waals surface area contributed by atoms with Gasteiger partial charge >= 0.3 is 0 Å². The minimum absolute atomic E-state index is 0.131. The molecule has 2 N–H and O–H groups in total. The summed E-state index contributed by atoms with van der Waals surface area (Å²) in [5.41, 5.74) is 8.42. The van der Waals surface area contributed by atoms with E-state index in [-0.39, 0.29) is 6.04 Å². The van der Waals surface area contributed by atoms with Gasteiger partial charge in [0.15, 0.2) is 0 Å². The van der Waals surface area contributed by atoms with Crippen molar-refractivity contribution in [2.24, 2.45) is 5.73 Å². The minimum atomic E-state index is 0.131. The quantitative estimate of drug-likeness (QED) is 0.680. The highest BCUT2D eigenvalue weighted by Gasteiger charge is 2.16. The second-order valence-corrected chi connectivity index (χ2v) is 3.52.